The molecule has 0 aliphatic carbocycles. The highest BCUT2D eigenvalue weighted by molar-refractivity contribution is 7.99. The molecule has 20 heavy (non-hydrogen) atoms. The van der Waals surface area contributed by atoms with E-state index in [2.05, 4.69) is 24.5 Å². The summed E-state index contributed by atoms with van der Waals surface area (Å²) in [5.74, 6) is 1.60. The van der Waals surface area contributed by atoms with Gasteiger partial charge in [0.15, 0.2) is 0 Å². The molecule has 0 aromatic rings. The molecule has 0 aromatic carbocycles. The molecular weight excluding hydrogens is 292 g/mol. The van der Waals surface area contributed by atoms with Crippen molar-refractivity contribution in [1.29, 1.82) is 0 Å². The molecule has 0 bridgehead atoms. The van der Waals surface area contributed by atoms with E-state index in [0.717, 1.165) is 24.6 Å². The molecule has 0 aliphatic rings. The van der Waals surface area contributed by atoms with Crippen LogP contribution in [0.3, 0.4) is 0 Å². The molecule has 0 heterocycles. The topological polar surface area (TPSA) is 67.4 Å². The van der Waals surface area contributed by atoms with Crippen LogP contribution in [0.15, 0.2) is 0 Å². The predicted molar refractivity (Wildman–Crippen MR) is 88.4 cm³/mol. The minimum Gasteiger partial charge on any atom is -0.450 e. The summed E-state index contributed by atoms with van der Waals surface area (Å²) in [4.78, 5) is 22.6. The minimum absolute atomic E-state index is 0.0214. The number of ether oxygens (including phenoxy) is 1. The minimum atomic E-state index is -0.347. The number of carbonyl (C=O) groups is 2. The number of hydrogen-bond acceptors (Lipinski definition) is 4. The number of amides is 2. The van der Waals surface area contributed by atoms with Crippen LogP contribution in [0.2, 0.25) is 12.1 Å². The largest absolute Gasteiger partial charge is 0.450 e. The van der Waals surface area contributed by atoms with Crippen LogP contribution < -0.4 is 10.6 Å². The van der Waals surface area contributed by atoms with Crippen molar-refractivity contribution >= 4 is 33.3 Å². The summed E-state index contributed by atoms with van der Waals surface area (Å²) in [6.07, 6.45) is 1.47. The number of thioether (sulfide) groups is 1. The average Bonchev–Trinajstić information content (AvgIpc) is 2.43. The third kappa shape index (κ3) is 13.7. The van der Waals surface area contributed by atoms with E-state index >= 15 is 0 Å². The Morgan fingerprint density at radius 1 is 1.20 bits per heavy atom. The van der Waals surface area contributed by atoms with Crippen LogP contribution in [0.4, 0.5) is 4.79 Å². The van der Waals surface area contributed by atoms with E-state index in [1.165, 1.54) is 6.04 Å². The van der Waals surface area contributed by atoms with Crippen molar-refractivity contribution in [1.82, 2.24) is 10.6 Å². The van der Waals surface area contributed by atoms with Gasteiger partial charge < -0.3 is 15.4 Å². The lowest BCUT2D eigenvalue weighted by molar-refractivity contribution is -0.118. The number of nitrogens with one attached hydrogen (secondary N) is 2. The maximum atomic E-state index is 11.4. The molecule has 7 heteroatoms. The summed E-state index contributed by atoms with van der Waals surface area (Å²) >= 11 is 1.64. The second-order valence-corrected chi connectivity index (χ2v) is 8.05. The SMILES string of the molecule is CCCSCC(=O)NCCCNC(=O)OCC[SiH2]CC. The van der Waals surface area contributed by atoms with E-state index in [9.17, 15) is 9.59 Å². The molecule has 0 rings (SSSR count). The predicted octanol–water partition coefficient (Wildman–Crippen LogP) is 1.39. The van der Waals surface area contributed by atoms with Gasteiger partial charge in [-0.05, 0) is 24.6 Å². The van der Waals surface area contributed by atoms with E-state index in [-0.39, 0.29) is 21.5 Å². The second kappa shape index (κ2) is 14.7. The summed E-state index contributed by atoms with van der Waals surface area (Å²) in [5.41, 5.74) is 0. The lowest BCUT2D eigenvalue weighted by Crippen LogP contribution is -2.31. The van der Waals surface area contributed by atoms with Gasteiger partial charge in [0, 0.05) is 22.6 Å². The Morgan fingerprint density at radius 3 is 2.65 bits per heavy atom. The van der Waals surface area contributed by atoms with Crippen molar-refractivity contribution in [2.45, 2.75) is 38.8 Å². The molecular formula is C13H28N2O3SSi. The van der Waals surface area contributed by atoms with Crippen LogP contribution in [0, 0.1) is 0 Å². The lowest BCUT2D eigenvalue weighted by atomic mass is 10.4. The van der Waals surface area contributed by atoms with Crippen LogP contribution in [0.5, 0.6) is 0 Å². The first kappa shape index (κ1) is 19.3. The maximum Gasteiger partial charge on any atom is 0.407 e. The molecule has 0 unspecified atom stereocenters. The molecule has 0 aliphatic heterocycles. The molecule has 0 atom stereocenters. The Bertz CT molecular complexity index is 268. The highest BCUT2D eigenvalue weighted by Gasteiger charge is 2.02. The summed E-state index contributed by atoms with van der Waals surface area (Å²) in [6, 6.07) is 2.30. The normalized spacial score (nSPS) is 10.7. The Labute approximate surface area is 128 Å². The van der Waals surface area contributed by atoms with Gasteiger partial charge in [-0.1, -0.05) is 19.9 Å². The van der Waals surface area contributed by atoms with Crippen LogP contribution in [-0.4, -0.2) is 52.7 Å². The monoisotopic (exact) mass is 320 g/mol. The number of hydrogen-bond donors (Lipinski definition) is 2. The van der Waals surface area contributed by atoms with Crippen LogP contribution in [0.1, 0.15) is 26.7 Å². The molecule has 0 fully saturated rings. The summed E-state index contributed by atoms with van der Waals surface area (Å²) in [5, 5.41) is 5.51. The van der Waals surface area contributed by atoms with Gasteiger partial charge in [-0.3, -0.25) is 4.79 Å². The Morgan fingerprint density at radius 2 is 1.95 bits per heavy atom. The number of rotatable bonds is 12. The Balaban J connectivity index is 3.30. The van der Waals surface area contributed by atoms with Crippen molar-refractivity contribution in [3.63, 3.8) is 0 Å². The fraction of sp³-hybridized carbons (Fsp3) is 0.846. The first-order valence-electron chi connectivity index (χ1n) is 7.45. The second-order valence-electron chi connectivity index (χ2n) is 4.53. The molecule has 5 nitrogen and oxygen atoms in total. The van der Waals surface area contributed by atoms with Crippen molar-refractivity contribution < 1.29 is 14.3 Å². The summed E-state index contributed by atoms with van der Waals surface area (Å²) < 4.78 is 5.03. The van der Waals surface area contributed by atoms with Crippen molar-refractivity contribution in [3.8, 4) is 0 Å². The lowest BCUT2D eigenvalue weighted by Gasteiger charge is -2.07. The molecule has 2 amide bonds. The zero-order chi connectivity index (χ0) is 15.1. The van der Waals surface area contributed by atoms with E-state index < -0.39 is 0 Å². The molecule has 0 saturated carbocycles. The van der Waals surface area contributed by atoms with Crippen LogP contribution in [0.25, 0.3) is 0 Å². The summed E-state index contributed by atoms with van der Waals surface area (Å²) in [6.45, 7) is 5.93. The smallest absolute Gasteiger partial charge is 0.407 e. The van der Waals surface area contributed by atoms with E-state index in [0.29, 0.717) is 25.4 Å². The van der Waals surface area contributed by atoms with E-state index in [1.54, 1.807) is 11.8 Å². The standard InChI is InChI=1S/C13H28N2O3SSi/c1-3-9-19-11-12(16)14-6-5-7-15-13(17)18-8-10-20-4-2/h3-11,20H2,1-2H3,(H,14,16)(H,15,17). The fourth-order valence-electron chi connectivity index (χ4n) is 1.43. The molecule has 118 valence electrons. The fourth-order valence-corrected chi connectivity index (χ4v) is 3.00. The van der Waals surface area contributed by atoms with Crippen LogP contribution in [-0.2, 0) is 9.53 Å². The van der Waals surface area contributed by atoms with Crippen LogP contribution >= 0.6 is 11.8 Å². The van der Waals surface area contributed by atoms with Gasteiger partial charge in [0.05, 0.1) is 12.4 Å². The number of alkyl carbamates (subject to hydrolysis) is 1. The molecule has 2 N–H and O–H groups in total. The first-order chi connectivity index (χ1) is 9.70. The summed E-state index contributed by atoms with van der Waals surface area (Å²) in [7, 11) is -0.0214. The maximum absolute atomic E-state index is 11.4. The zero-order valence-corrected chi connectivity index (χ0v) is 14.9. The highest BCUT2D eigenvalue weighted by atomic mass is 32.2. The Hall–Kier alpha value is -0.693. The average molecular weight is 321 g/mol. The molecule has 0 saturated heterocycles. The Kier molecular flexibility index (Phi) is 14.2. The number of carbonyl (C=O) groups excluding carboxylic acids is 2. The molecule has 0 aromatic heterocycles. The highest BCUT2D eigenvalue weighted by Crippen LogP contribution is 2.00. The van der Waals surface area contributed by atoms with E-state index in [1.807, 2.05) is 0 Å². The van der Waals surface area contributed by atoms with Gasteiger partial charge in [-0.2, -0.15) is 11.8 Å². The third-order valence-electron chi connectivity index (χ3n) is 2.51. The molecule has 0 spiro atoms. The van der Waals surface area contributed by atoms with Crippen molar-refractivity contribution in [3.05, 3.63) is 0 Å². The zero-order valence-electron chi connectivity index (χ0n) is 12.7. The van der Waals surface area contributed by atoms with Gasteiger partial charge in [0.25, 0.3) is 0 Å². The van der Waals surface area contributed by atoms with Gasteiger partial charge in [-0.25, -0.2) is 4.79 Å². The quantitative estimate of drug-likeness (QED) is 0.421. The van der Waals surface area contributed by atoms with Gasteiger partial charge >= 0.3 is 6.09 Å². The molecule has 0 radical (unpaired) electrons. The van der Waals surface area contributed by atoms with Crippen molar-refractivity contribution in [2.24, 2.45) is 0 Å². The third-order valence-corrected chi connectivity index (χ3v) is 5.17. The van der Waals surface area contributed by atoms with Gasteiger partial charge in [0.2, 0.25) is 5.91 Å². The van der Waals surface area contributed by atoms with Crippen molar-refractivity contribution in [2.75, 3.05) is 31.2 Å². The van der Waals surface area contributed by atoms with Gasteiger partial charge in [0.1, 0.15) is 0 Å². The van der Waals surface area contributed by atoms with Gasteiger partial charge in [-0.15, -0.1) is 0 Å². The first-order valence-corrected chi connectivity index (χ1v) is 10.6. The van der Waals surface area contributed by atoms with E-state index in [4.69, 9.17) is 4.74 Å².